The van der Waals surface area contributed by atoms with Crippen LogP contribution in [0.4, 0.5) is 0 Å². The third-order valence-electron chi connectivity index (χ3n) is 2.02. The largest absolute Gasteiger partial charge is 0.410 e. The minimum absolute atomic E-state index is 0.356. The molecule has 2 aromatic rings. The van der Waals surface area contributed by atoms with E-state index < -0.39 is 0 Å². The smallest absolute Gasteiger partial charge is 0.160 e. The van der Waals surface area contributed by atoms with E-state index in [4.69, 9.17) is 5.21 Å². The summed E-state index contributed by atoms with van der Waals surface area (Å²) in [5.41, 5.74) is 2.16. The maximum Gasteiger partial charge on any atom is 0.160 e. The SMILES string of the molecule is Cc1nonc1C(=NO)c1ccccc1. The number of hydrogen-bond donors (Lipinski definition) is 1. The highest BCUT2D eigenvalue weighted by molar-refractivity contribution is 6.11. The lowest BCUT2D eigenvalue weighted by Gasteiger charge is -1.99. The van der Waals surface area contributed by atoms with Crippen LogP contribution in [0.5, 0.6) is 0 Å². The van der Waals surface area contributed by atoms with Crippen molar-refractivity contribution >= 4 is 5.71 Å². The molecular weight excluding hydrogens is 194 g/mol. The molecule has 76 valence electrons. The van der Waals surface area contributed by atoms with E-state index in [9.17, 15) is 0 Å². The van der Waals surface area contributed by atoms with Crippen molar-refractivity contribution in [3.8, 4) is 0 Å². The molecule has 15 heavy (non-hydrogen) atoms. The molecular formula is C10H9N3O2. The van der Waals surface area contributed by atoms with Crippen LogP contribution in [-0.2, 0) is 0 Å². The molecule has 5 heteroatoms. The van der Waals surface area contributed by atoms with Crippen molar-refractivity contribution in [3.05, 3.63) is 47.3 Å². The van der Waals surface area contributed by atoms with E-state index in [0.29, 0.717) is 17.1 Å². The summed E-state index contributed by atoms with van der Waals surface area (Å²) in [6.45, 7) is 1.74. The Balaban J connectivity index is 2.48. The minimum Gasteiger partial charge on any atom is -0.410 e. The Bertz CT molecular complexity index is 476. The van der Waals surface area contributed by atoms with Gasteiger partial charge in [-0.05, 0) is 12.1 Å². The van der Waals surface area contributed by atoms with Gasteiger partial charge in [0.25, 0.3) is 0 Å². The molecule has 2 rings (SSSR count). The van der Waals surface area contributed by atoms with E-state index in [2.05, 4.69) is 20.1 Å². The normalized spacial score (nSPS) is 11.7. The zero-order chi connectivity index (χ0) is 10.7. The highest BCUT2D eigenvalue weighted by atomic mass is 16.6. The van der Waals surface area contributed by atoms with E-state index >= 15 is 0 Å². The monoisotopic (exact) mass is 203 g/mol. The third kappa shape index (κ3) is 1.71. The number of oxime groups is 1. The van der Waals surface area contributed by atoms with E-state index in [1.807, 2.05) is 30.3 Å². The predicted molar refractivity (Wildman–Crippen MR) is 52.9 cm³/mol. The first-order valence-corrected chi connectivity index (χ1v) is 4.40. The summed E-state index contributed by atoms with van der Waals surface area (Å²) in [6.07, 6.45) is 0. The van der Waals surface area contributed by atoms with Crippen LogP contribution < -0.4 is 0 Å². The van der Waals surface area contributed by atoms with Crippen LogP contribution in [0.15, 0.2) is 40.1 Å². The molecule has 0 radical (unpaired) electrons. The fourth-order valence-corrected chi connectivity index (χ4v) is 1.28. The summed E-state index contributed by atoms with van der Waals surface area (Å²) >= 11 is 0. The molecule has 0 aliphatic rings. The van der Waals surface area contributed by atoms with Crippen LogP contribution in [0, 0.1) is 6.92 Å². The molecule has 0 unspecified atom stereocenters. The highest BCUT2D eigenvalue weighted by Gasteiger charge is 2.15. The maximum absolute atomic E-state index is 8.95. The number of nitrogens with zero attached hydrogens (tertiary/aromatic N) is 3. The topological polar surface area (TPSA) is 71.5 Å². The second-order valence-electron chi connectivity index (χ2n) is 3.01. The summed E-state index contributed by atoms with van der Waals surface area (Å²) in [5.74, 6) is 0. The summed E-state index contributed by atoms with van der Waals surface area (Å²) < 4.78 is 4.56. The molecule has 0 bridgehead atoms. The van der Waals surface area contributed by atoms with Gasteiger partial charge < -0.3 is 5.21 Å². The Hall–Kier alpha value is -2.17. The van der Waals surface area contributed by atoms with Crippen molar-refractivity contribution in [3.63, 3.8) is 0 Å². The molecule has 1 aromatic carbocycles. The van der Waals surface area contributed by atoms with Gasteiger partial charge in [-0.2, -0.15) is 0 Å². The van der Waals surface area contributed by atoms with Crippen LogP contribution in [0.25, 0.3) is 0 Å². The van der Waals surface area contributed by atoms with Crippen molar-refractivity contribution in [1.29, 1.82) is 0 Å². The molecule has 0 atom stereocenters. The zero-order valence-electron chi connectivity index (χ0n) is 8.08. The molecule has 0 aliphatic heterocycles. The van der Waals surface area contributed by atoms with Crippen molar-refractivity contribution in [2.75, 3.05) is 0 Å². The summed E-state index contributed by atoms with van der Waals surface area (Å²) in [7, 11) is 0. The number of benzene rings is 1. The Kier molecular flexibility index (Phi) is 2.45. The van der Waals surface area contributed by atoms with Crippen LogP contribution >= 0.6 is 0 Å². The summed E-state index contributed by atoms with van der Waals surface area (Å²) in [5, 5.41) is 19.5. The lowest BCUT2D eigenvalue weighted by atomic mass is 10.1. The van der Waals surface area contributed by atoms with Gasteiger partial charge in [-0.15, -0.1) is 0 Å². The zero-order valence-corrected chi connectivity index (χ0v) is 8.08. The van der Waals surface area contributed by atoms with E-state index in [1.165, 1.54) is 0 Å². The lowest BCUT2D eigenvalue weighted by Crippen LogP contribution is -2.05. The predicted octanol–water partition coefficient (Wildman–Crippen LogP) is 1.60. The molecule has 0 saturated carbocycles. The number of aromatic nitrogens is 2. The van der Waals surface area contributed by atoms with Gasteiger partial charge in [0, 0.05) is 5.56 Å². The number of aryl methyl sites for hydroxylation is 1. The van der Waals surface area contributed by atoms with Gasteiger partial charge in [0.05, 0.1) is 0 Å². The van der Waals surface area contributed by atoms with Gasteiger partial charge in [-0.3, -0.25) is 0 Å². The molecule has 0 fully saturated rings. The maximum atomic E-state index is 8.95. The van der Waals surface area contributed by atoms with E-state index in [-0.39, 0.29) is 0 Å². The summed E-state index contributed by atoms with van der Waals surface area (Å²) in [4.78, 5) is 0. The first-order valence-electron chi connectivity index (χ1n) is 4.40. The van der Waals surface area contributed by atoms with Gasteiger partial charge in [0.2, 0.25) is 0 Å². The van der Waals surface area contributed by atoms with Crippen molar-refractivity contribution in [2.24, 2.45) is 5.16 Å². The van der Waals surface area contributed by atoms with Crippen LogP contribution in [0.2, 0.25) is 0 Å². The fourth-order valence-electron chi connectivity index (χ4n) is 1.28. The Labute approximate surface area is 86.0 Å². The van der Waals surface area contributed by atoms with E-state index in [1.54, 1.807) is 6.92 Å². The quantitative estimate of drug-likeness (QED) is 0.457. The van der Waals surface area contributed by atoms with Crippen molar-refractivity contribution < 1.29 is 9.84 Å². The standard InChI is InChI=1S/C10H9N3O2/c1-7-9(13-15-12-7)10(11-14)8-5-3-2-4-6-8/h2-6,14H,1H3. The second kappa shape index (κ2) is 3.91. The Morgan fingerprint density at radius 2 is 2.00 bits per heavy atom. The highest BCUT2D eigenvalue weighted by Crippen LogP contribution is 2.10. The summed E-state index contributed by atoms with van der Waals surface area (Å²) in [6, 6.07) is 9.23. The van der Waals surface area contributed by atoms with Crippen LogP contribution in [0.3, 0.4) is 0 Å². The van der Waals surface area contributed by atoms with Gasteiger partial charge in [-0.25, -0.2) is 4.63 Å². The molecule has 1 heterocycles. The average molecular weight is 203 g/mol. The van der Waals surface area contributed by atoms with Crippen LogP contribution in [0.1, 0.15) is 17.0 Å². The molecule has 1 N–H and O–H groups in total. The molecule has 0 amide bonds. The molecule has 1 aromatic heterocycles. The number of rotatable bonds is 2. The van der Waals surface area contributed by atoms with Gasteiger partial charge in [0.15, 0.2) is 5.69 Å². The second-order valence-corrected chi connectivity index (χ2v) is 3.01. The number of hydrogen-bond acceptors (Lipinski definition) is 5. The molecule has 0 saturated heterocycles. The Morgan fingerprint density at radius 1 is 1.27 bits per heavy atom. The van der Waals surface area contributed by atoms with Crippen molar-refractivity contribution in [2.45, 2.75) is 6.92 Å². The van der Waals surface area contributed by atoms with Gasteiger partial charge in [-0.1, -0.05) is 40.6 Å². The van der Waals surface area contributed by atoms with Crippen molar-refractivity contribution in [1.82, 2.24) is 10.3 Å². The molecule has 0 aliphatic carbocycles. The first kappa shape index (κ1) is 9.39. The lowest BCUT2D eigenvalue weighted by molar-refractivity contribution is 0.302. The minimum atomic E-state index is 0.356. The fraction of sp³-hybridized carbons (Fsp3) is 0.100. The van der Waals surface area contributed by atoms with E-state index in [0.717, 1.165) is 5.56 Å². The molecule has 0 spiro atoms. The molecule has 5 nitrogen and oxygen atoms in total. The Morgan fingerprint density at radius 3 is 2.53 bits per heavy atom. The first-order chi connectivity index (χ1) is 7.33. The van der Waals surface area contributed by atoms with Gasteiger partial charge in [0.1, 0.15) is 11.4 Å². The van der Waals surface area contributed by atoms with Crippen LogP contribution in [-0.4, -0.2) is 21.2 Å². The van der Waals surface area contributed by atoms with Gasteiger partial charge >= 0.3 is 0 Å². The average Bonchev–Trinajstić information content (AvgIpc) is 2.68. The third-order valence-corrected chi connectivity index (χ3v) is 2.02.